The number of halogens is 2. The summed E-state index contributed by atoms with van der Waals surface area (Å²) >= 11 is 0. The van der Waals surface area contributed by atoms with Crippen LogP contribution >= 0.6 is 0 Å². The zero-order valence-corrected chi connectivity index (χ0v) is 12.0. The first-order chi connectivity index (χ1) is 9.92. The highest BCUT2D eigenvalue weighted by Crippen LogP contribution is 2.23. The third-order valence-electron chi connectivity index (χ3n) is 2.59. The maximum atomic E-state index is 13.7. The number of ether oxygens (including phenoxy) is 1. The molecule has 0 aromatic heterocycles. The Labute approximate surface area is 121 Å². The molecule has 0 unspecified atom stereocenters. The smallest absolute Gasteiger partial charge is 0.262 e. The van der Waals surface area contributed by atoms with Crippen molar-refractivity contribution in [3.63, 3.8) is 0 Å². The van der Waals surface area contributed by atoms with Crippen LogP contribution in [-0.2, 0) is 10.0 Å². The molecule has 4 nitrogen and oxygen atoms in total. The monoisotopic (exact) mass is 313 g/mol. The number of rotatable bonds is 5. The van der Waals surface area contributed by atoms with Crippen LogP contribution in [0.2, 0.25) is 0 Å². The van der Waals surface area contributed by atoms with E-state index in [1.807, 2.05) is 0 Å². The van der Waals surface area contributed by atoms with Gasteiger partial charge in [0.1, 0.15) is 5.82 Å². The van der Waals surface area contributed by atoms with E-state index in [0.29, 0.717) is 0 Å². The molecule has 112 valence electrons. The average Bonchev–Trinajstić information content (AvgIpc) is 2.40. The summed E-state index contributed by atoms with van der Waals surface area (Å²) in [5, 5.41) is 0. The average molecular weight is 313 g/mol. The third kappa shape index (κ3) is 3.69. The molecule has 1 N–H and O–H groups in total. The molecule has 0 aliphatic rings. The lowest BCUT2D eigenvalue weighted by Gasteiger charge is -2.10. The minimum Gasteiger partial charge on any atom is -0.491 e. The summed E-state index contributed by atoms with van der Waals surface area (Å²) in [4.78, 5) is -0.271. The van der Waals surface area contributed by atoms with Crippen LogP contribution in [0.15, 0.2) is 47.4 Å². The van der Waals surface area contributed by atoms with Gasteiger partial charge in [-0.15, -0.1) is 0 Å². The Balaban J connectivity index is 2.29. The standard InChI is InChI=1S/C14H13F2NO3S/c1-2-20-14-7-6-12(9-13(14)16)21(18,19)17-11-5-3-4-10(15)8-11/h3-9,17H,2H2,1H3. The molecule has 0 bridgehead atoms. The topological polar surface area (TPSA) is 55.4 Å². The predicted molar refractivity (Wildman–Crippen MR) is 74.8 cm³/mol. The fraction of sp³-hybridized carbons (Fsp3) is 0.143. The van der Waals surface area contributed by atoms with Crippen molar-refractivity contribution in [2.24, 2.45) is 0 Å². The van der Waals surface area contributed by atoms with E-state index < -0.39 is 21.7 Å². The molecule has 2 aromatic rings. The molecule has 0 aliphatic carbocycles. The van der Waals surface area contributed by atoms with Gasteiger partial charge in [-0.05, 0) is 43.3 Å². The molecule has 7 heteroatoms. The molecule has 2 rings (SSSR count). The highest BCUT2D eigenvalue weighted by Gasteiger charge is 2.17. The van der Waals surface area contributed by atoms with E-state index >= 15 is 0 Å². The van der Waals surface area contributed by atoms with Crippen LogP contribution in [0.4, 0.5) is 14.5 Å². The van der Waals surface area contributed by atoms with E-state index in [1.54, 1.807) is 6.92 Å². The van der Waals surface area contributed by atoms with Gasteiger partial charge in [-0.1, -0.05) is 6.07 Å². The van der Waals surface area contributed by atoms with Crippen molar-refractivity contribution in [1.29, 1.82) is 0 Å². The van der Waals surface area contributed by atoms with Crippen molar-refractivity contribution in [2.45, 2.75) is 11.8 Å². The zero-order valence-electron chi connectivity index (χ0n) is 11.1. The van der Waals surface area contributed by atoms with Crippen LogP contribution in [-0.4, -0.2) is 15.0 Å². The van der Waals surface area contributed by atoms with Gasteiger partial charge < -0.3 is 4.74 Å². The number of hydrogen-bond acceptors (Lipinski definition) is 3. The van der Waals surface area contributed by atoms with Gasteiger partial charge in [-0.2, -0.15) is 0 Å². The van der Waals surface area contributed by atoms with Gasteiger partial charge in [0.05, 0.1) is 17.2 Å². The summed E-state index contributed by atoms with van der Waals surface area (Å²) in [6.07, 6.45) is 0. The van der Waals surface area contributed by atoms with Crippen LogP contribution in [0.5, 0.6) is 5.75 Å². The molecule has 0 amide bonds. The maximum absolute atomic E-state index is 13.7. The minimum atomic E-state index is -4.00. The highest BCUT2D eigenvalue weighted by atomic mass is 32.2. The largest absolute Gasteiger partial charge is 0.491 e. The molecular formula is C14H13F2NO3S. The Kier molecular flexibility index (Phi) is 4.42. The molecule has 0 aliphatic heterocycles. The Morgan fingerprint density at radius 2 is 1.90 bits per heavy atom. The predicted octanol–water partition coefficient (Wildman–Crippen LogP) is 3.16. The van der Waals surface area contributed by atoms with E-state index in [-0.39, 0.29) is 22.9 Å². The molecule has 0 heterocycles. The fourth-order valence-corrected chi connectivity index (χ4v) is 2.75. The van der Waals surface area contributed by atoms with Crippen LogP contribution in [0.1, 0.15) is 6.92 Å². The second-order valence-corrected chi connectivity index (χ2v) is 5.82. The quantitative estimate of drug-likeness (QED) is 0.922. The Hall–Kier alpha value is -2.15. The second kappa shape index (κ2) is 6.09. The van der Waals surface area contributed by atoms with Gasteiger partial charge in [0.25, 0.3) is 10.0 Å². The Morgan fingerprint density at radius 1 is 1.14 bits per heavy atom. The minimum absolute atomic E-state index is 0.0257. The van der Waals surface area contributed by atoms with E-state index in [1.165, 1.54) is 30.3 Å². The van der Waals surface area contributed by atoms with Crippen molar-refractivity contribution < 1.29 is 21.9 Å². The first-order valence-electron chi connectivity index (χ1n) is 6.13. The fourth-order valence-electron chi connectivity index (χ4n) is 1.69. The molecule has 21 heavy (non-hydrogen) atoms. The summed E-state index contributed by atoms with van der Waals surface area (Å²) < 4.78 is 58.1. The number of benzene rings is 2. The first-order valence-corrected chi connectivity index (χ1v) is 7.61. The number of hydrogen-bond donors (Lipinski definition) is 1. The third-order valence-corrected chi connectivity index (χ3v) is 3.97. The van der Waals surface area contributed by atoms with Crippen molar-refractivity contribution >= 4 is 15.7 Å². The van der Waals surface area contributed by atoms with Gasteiger partial charge in [-0.25, -0.2) is 17.2 Å². The second-order valence-electron chi connectivity index (χ2n) is 4.14. The van der Waals surface area contributed by atoms with Crippen molar-refractivity contribution in [3.05, 3.63) is 54.1 Å². The van der Waals surface area contributed by atoms with Gasteiger partial charge in [0.2, 0.25) is 0 Å². The van der Waals surface area contributed by atoms with Crippen LogP contribution in [0.25, 0.3) is 0 Å². The zero-order chi connectivity index (χ0) is 15.5. The molecule has 0 spiro atoms. The van der Waals surface area contributed by atoms with Crippen molar-refractivity contribution in [1.82, 2.24) is 0 Å². The summed E-state index contributed by atoms with van der Waals surface area (Å²) in [5.74, 6) is -1.38. The van der Waals surface area contributed by atoms with Crippen LogP contribution in [0, 0.1) is 11.6 Å². The molecule has 0 saturated heterocycles. The molecule has 0 fully saturated rings. The van der Waals surface area contributed by atoms with Crippen molar-refractivity contribution in [2.75, 3.05) is 11.3 Å². The van der Waals surface area contributed by atoms with Gasteiger partial charge in [0.15, 0.2) is 11.6 Å². The molecule has 0 radical (unpaired) electrons. The maximum Gasteiger partial charge on any atom is 0.262 e. The molecular weight excluding hydrogens is 300 g/mol. The molecule has 0 saturated carbocycles. The van der Waals surface area contributed by atoms with Crippen molar-refractivity contribution in [3.8, 4) is 5.75 Å². The van der Waals surface area contributed by atoms with E-state index in [0.717, 1.165) is 12.1 Å². The number of sulfonamides is 1. The van der Waals surface area contributed by atoms with Gasteiger partial charge in [0, 0.05) is 0 Å². The lowest BCUT2D eigenvalue weighted by molar-refractivity contribution is 0.321. The first kappa shape index (κ1) is 15.2. The Morgan fingerprint density at radius 3 is 2.52 bits per heavy atom. The summed E-state index contributed by atoms with van der Waals surface area (Å²) in [5.41, 5.74) is 0.0595. The van der Waals surface area contributed by atoms with Gasteiger partial charge >= 0.3 is 0 Å². The summed E-state index contributed by atoms with van der Waals surface area (Å²) in [7, 11) is -4.00. The van der Waals surface area contributed by atoms with E-state index in [2.05, 4.69) is 4.72 Å². The van der Waals surface area contributed by atoms with Crippen LogP contribution in [0.3, 0.4) is 0 Å². The normalized spacial score (nSPS) is 11.2. The highest BCUT2D eigenvalue weighted by molar-refractivity contribution is 7.92. The van der Waals surface area contributed by atoms with E-state index in [4.69, 9.17) is 4.74 Å². The molecule has 2 aromatic carbocycles. The SMILES string of the molecule is CCOc1ccc(S(=O)(=O)Nc2cccc(F)c2)cc1F. The number of anilines is 1. The van der Waals surface area contributed by atoms with E-state index in [9.17, 15) is 17.2 Å². The Bertz CT molecular complexity index is 748. The van der Waals surface area contributed by atoms with Crippen LogP contribution < -0.4 is 9.46 Å². The summed E-state index contributed by atoms with van der Waals surface area (Å²) in [6.45, 7) is 1.96. The lowest BCUT2D eigenvalue weighted by atomic mass is 10.3. The molecule has 0 atom stereocenters. The number of nitrogens with one attached hydrogen (secondary N) is 1. The van der Waals surface area contributed by atoms with Gasteiger partial charge in [-0.3, -0.25) is 4.72 Å². The lowest BCUT2D eigenvalue weighted by Crippen LogP contribution is -2.13. The summed E-state index contributed by atoms with van der Waals surface area (Å²) in [6, 6.07) is 8.29.